The molecule has 2 aromatic heterocycles. The molecule has 3 N–H and O–H groups in total. The average Bonchev–Trinajstić information content (AvgIpc) is 2.46. The van der Waals surface area contributed by atoms with E-state index in [0.29, 0.717) is 16.7 Å². The molecule has 0 aromatic carbocycles. The lowest BCUT2D eigenvalue weighted by Gasteiger charge is -1.86. The molecule has 0 atom stereocenters. The van der Waals surface area contributed by atoms with Gasteiger partial charge in [0.25, 0.3) is 5.91 Å². The highest BCUT2D eigenvalue weighted by Crippen LogP contribution is 2.14. The molecule has 0 saturated heterocycles. The van der Waals surface area contributed by atoms with Crippen LogP contribution in [0.4, 0.5) is 0 Å². The normalized spacial score (nSPS) is 10.5. The number of H-pyrrole nitrogens is 1. The van der Waals surface area contributed by atoms with Gasteiger partial charge in [-0.05, 0) is 12.1 Å². The topological polar surface area (TPSA) is 84.7 Å². The van der Waals surface area contributed by atoms with Gasteiger partial charge < -0.3 is 10.7 Å². The zero-order valence-corrected chi connectivity index (χ0v) is 7.17. The molecule has 66 valence electrons. The van der Waals surface area contributed by atoms with E-state index in [9.17, 15) is 4.79 Å². The Kier molecular flexibility index (Phi) is 1.66. The number of amides is 1. The molecule has 0 radical (unpaired) electrons. The van der Waals surface area contributed by atoms with Crippen molar-refractivity contribution in [3.8, 4) is 0 Å². The molecule has 0 bridgehead atoms. The zero-order valence-electron chi connectivity index (χ0n) is 6.41. The molecular formula is C7H5ClN4O. The first kappa shape index (κ1) is 8.00. The van der Waals surface area contributed by atoms with E-state index in [2.05, 4.69) is 15.2 Å². The number of carbonyl (C=O) groups is 1. The van der Waals surface area contributed by atoms with Gasteiger partial charge in [0.05, 0.1) is 0 Å². The first-order valence-corrected chi connectivity index (χ1v) is 3.86. The van der Waals surface area contributed by atoms with Crippen LogP contribution in [0.2, 0.25) is 5.15 Å². The second kappa shape index (κ2) is 2.70. The number of hydrogen-bond donors (Lipinski definition) is 2. The van der Waals surface area contributed by atoms with Gasteiger partial charge in [-0.3, -0.25) is 4.79 Å². The Balaban J connectivity index is 2.68. The van der Waals surface area contributed by atoms with E-state index in [1.807, 2.05) is 0 Å². The van der Waals surface area contributed by atoms with Crippen LogP contribution in [0.5, 0.6) is 0 Å². The van der Waals surface area contributed by atoms with Crippen LogP contribution in [0.25, 0.3) is 11.0 Å². The van der Waals surface area contributed by atoms with Crippen molar-refractivity contribution in [2.24, 2.45) is 5.73 Å². The third-order valence-electron chi connectivity index (χ3n) is 1.61. The van der Waals surface area contributed by atoms with Gasteiger partial charge in [-0.25, -0.2) is 0 Å². The molecule has 2 heterocycles. The lowest BCUT2D eigenvalue weighted by Crippen LogP contribution is -2.10. The van der Waals surface area contributed by atoms with Crippen molar-refractivity contribution in [3.05, 3.63) is 23.0 Å². The van der Waals surface area contributed by atoms with Crippen molar-refractivity contribution < 1.29 is 4.79 Å². The number of nitrogens with zero attached hydrogens (tertiary/aromatic N) is 2. The summed E-state index contributed by atoms with van der Waals surface area (Å²) in [5.74, 6) is -0.533. The van der Waals surface area contributed by atoms with E-state index in [1.54, 1.807) is 12.1 Å². The number of aromatic nitrogens is 3. The minimum Gasteiger partial charge on any atom is -0.364 e. The molecule has 6 heteroatoms. The minimum atomic E-state index is -0.533. The zero-order chi connectivity index (χ0) is 9.42. The fourth-order valence-corrected chi connectivity index (χ4v) is 1.20. The molecule has 0 saturated carbocycles. The van der Waals surface area contributed by atoms with Crippen LogP contribution >= 0.6 is 11.6 Å². The summed E-state index contributed by atoms with van der Waals surface area (Å²) < 4.78 is 0. The summed E-state index contributed by atoms with van der Waals surface area (Å²) in [6, 6.07) is 3.19. The van der Waals surface area contributed by atoms with Crippen molar-refractivity contribution in [1.82, 2.24) is 15.2 Å². The Hall–Kier alpha value is -1.62. The standard InChI is InChI=1S/C7H5ClN4O/c8-5-2-3-1-4(6(9)13)10-7(3)12-11-5/h1-2H,(H2,9,13)(H,10,12). The Morgan fingerprint density at radius 2 is 2.23 bits per heavy atom. The van der Waals surface area contributed by atoms with Crippen LogP contribution in [0.3, 0.4) is 0 Å². The van der Waals surface area contributed by atoms with Crippen LogP contribution < -0.4 is 5.73 Å². The highest BCUT2D eigenvalue weighted by Gasteiger charge is 2.06. The van der Waals surface area contributed by atoms with Gasteiger partial charge >= 0.3 is 0 Å². The summed E-state index contributed by atoms with van der Waals surface area (Å²) in [6.45, 7) is 0. The van der Waals surface area contributed by atoms with Gasteiger partial charge in [-0.15, -0.1) is 10.2 Å². The number of fused-ring (bicyclic) bond motifs is 1. The number of halogens is 1. The monoisotopic (exact) mass is 196 g/mol. The highest BCUT2D eigenvalue weighted by atomic mass is 35.5. The Morgan fingerprint density at radius 3 is 2.92 bits per heavy atom. The molecule has 0 spiro atoms. The van der Waals surface area contributed by atoms with Gasteiger partial charge in [0.2, 0.25) is 0 Å². The molecule has 2 rings (SSSR count). The van der Waals surface area contributed by atoms with E-state index in [0.717, 1.165) is 0 Å². The maximum Gasteiger partial charge on any atom is 0.265 e. The second-order valence-electron chi connectivity index (χ2n) is 2.52. The number of aromatic amines is 1. The molecule has 13 heavy (non-hydrogen) atoms. The van der Waals surface area contributed by atoms with Crippen LogP contribution in [0.1, 0.15) is 10.5 Å². The van der Waals surface area contributed by atoms with E-state index < -0.39 is 5.91 Å². The average molecular weight is 197 g/mol. The molecule has 0 fully saturated rings. The van der Waals surface area contributed by atoms with Crippen molar-refractivity contribution in [2.45, 2.75) is 0 Å². The van der Waals surface area contributed by atoms with Gasteiger partial charge in [0, 0.05) is 5.39 Å². The predicted octanol–water partition coefficient (Wildman–Crippen LogP) is 0.710. The molecule has 5 nitrogen and oxygen atoms in total. The van der Waals surface area contributed by atoms with Crippen molar-refractivity contribution in [2.75, 3.05) is 0 Å². The van der Waals surface area contributed by atoms with Gasteiger partial charge in [0.15, 0.2) is 10.8 Å². The fraction of sp³-hybridized carbons (Fsp3) is 0. The number of nitrogens with one attached hydrogen (secondary N) is 1. The molecule has 1 amide bonds. The molecule has 0 aliphatic rings. The lowest BCUT2D eigenvalue weighted by molar-refractivity contribution is 0.0996. The van der Waals surface area contributed by atoms with Crippen molar-refractivity contribution in [1.29, 1.82) is 0 Å². The van der Waals surface area contributed by atoms with Crippen LogP contribution in [-0.2, 0) is 0 Å². The third-order valence-corrected chi connectivity index (χ3v) is 1.80. The fourth-order valence-electron chi connectivity index (χ4n) is 1.04. The maximum atomic E-state index is 10.8. The summed E-state index contributed by atoms with van der Waals surface area (Å²) in [5, 5.41) is 8.35. The molecule has 0 aliphatic carbocycles. The molecule has 2 aromatic rings. The van der Waals surface area contributed by atoms with Crippen LogP contribution in [0.15, 0.2) is 12.1 Å². The highest BCUT2D eigenvalue weighted by molar-refractivity contribution is 6.29. The van der Waals surface area contributed by atoms with Gasteiger partial charge in [-0.2, -0.15) is 0 Å². The molecule has 0 unspecified atom stereocenters. The number of rotatable bonds is 1. The molecular weight excluding hydrogens is 192 g/mol. The maximum absolute atomic E-state index is 10.8. The SMILES string of the molecule is NC(=O)c1cc2cc(Cl)nnc2[nH]1. The van der Waals surface area contributed by atoms with Gasteiger partial charge in [0.1, 0.15) is 5.69 Å². The number of primary amides is 1. The third kappa shape index (κ3) is 1.33. The number of hydrogen-bond acceptors (Lipinski definition) is 3. The summed E-state index contributed by atoms with van der Waals surface area (Å²) in [6.07, 6.45) is 0. The minimum absolute atomic E-state index is 0.280. The first-order valence-electron chi connectivity index (χ1n) is 3.48. The quantitative estimate of drug-likeness (QED) is 0.705. The van der Waals surface area contributed by atoms with Crippen LogP contribution in [0, 0.1) is 0 Å². The summed E-state index contributed by atoms with van der Waals surface area (Å²) >= 11 is 5.60. The number of nitrogens with two attached hydrogens (primary N) is 1. The van der Waals surface area contributed by atoms with Crippen molar-refractivity contribution in [3.63, 3.8) is 0 Å². The lowest BCUT2D eigenvalue weighted by atomic mass is 10.3. The van der Waals surface area contributed by atoms with E-state index >= 15 is 0 Å². The first-order chi connectivity index (χ1) is 6.16. The van der Waals surface area contributed by atoms with E-state index in [4.69, 9.17) is 17.3 Å². The Labute approximate surface area is 77.9 Å². The summed E-state index contributed by atoms with van der Waals surface area (Å²) in [5.41, 5.74) is 5.86. The predicted molar refractivity (Wildman–Crippen MR) is 47.4 cm³/mol. The second-order valence-corrected chi connectivity index (χ2v) is 2.91. The largest absolute Gasteiger partial charge is 0.364 e. The number of carbonyl (C=O) groups excluding carboxylic acids is 1. The molecule has 0 aliphatic heterocycles. The summed E-state index contributed by atoms with van der Waals surface area (Å²) in [4.78, 5) is 13.5. The Morgan fingerprint density at radius 1 is 1.46 bits per heavy atom. The van der Waals surface area contributed by atoms with E-state index in [1.165, 1.54) is 0 Å². The van der Waals surface area contributed by atoms with Crippen molar-refractivity contribution >= 4 is 28.5 Å². The van der Waals surface area contributed by atoms with Gasteiger partial charge in [-0.1, -0.05) is 11.6 Å². The smallest absolute Gasteiger partial charge is 0.265 e. The Bertz CT molecular complexity index is 478. The summed E-state index contributed by atoms with van der Waals surface area (Å²) in [7, 11) is 0. The van der Waals surface area contributed by atoms with E-state index in [-0.39, 0.29) is 5.15 Å². The van der Waals surface area contributed by atoms with Crippen LogP contribution in [-0.4, -0.2) is 21.1 Å².